The number of amides is 1. The Bertz CT molecular complexity index is 674. The lowest BCUT2D eigenvalue weighted by molar-refractivity contribution is 0.102. The Morgan fingerprint density at radius 2 is 2.05 bits per heavy atom. The van der Waals surface area contributed by atoms with Crippen LogP contribution in [0.3, 0.4) is 0 Å². The number of carbonyl (C=O) groups is 1. The minimum atomic E-state index is -0.378. The molecule has 1 amide bonds. The van der Waals surface area contributed by atoms with Crippen molar-refractivity contribution < 1.29 is 14.3 Å². The number of ether oxygens (including phenoxy) is 2. The van der Waals surface area contributed by atoms with E-state index in [2.05, 4.69) is 10.3 Å². The molecular weight excluding hydrogens is 302 g/mol. The maximum absolute atomic E-state index is 12.0. The lowest BCUT2D eigenvalue weighted by atomic mass is 10.2. The summed E-state index contributed by atoms with van der Waals surface area (Å²) in [5, 5.41) is 4.96. The average Bonchev–Trinajstić information content (AvgIpc) is 2.86. The fourth-order valence-corrected chi connectivity index (χ4v) is 2.48. The minimum absolute atomic E-state index is 0.249. The van der Waals surface area contributed by atoms with Gasteiger partial charge in [0.15, 0.2) is 16.6 Å². The molecule has 2 aromatic rings. The van der Waals surface area contributed by atoms with Gasteiger partial charge in [-0.1, -0.05) is 11.6 Å². The minimum Gasteiger partial charge on any atom is -0.486 e. The normalized spacial score (nSPS) is 13.1. The van der Waals surface area contributed by atoms with Gasteiger partial charge in [0.05, 0.1) is 10.7 Å². The van der Waals surface area contributed by atoms with Crippen LogP contribution in [0.5, 0.6) is 11.5 Å². The lowest BCUT2D eigenvalue weighted by Crippen LogP contribution is -2.17. The van der Waals surface area contributed by atoms with Gasteiger partial charge in [-0.25, -0.2) is 4.98 Å². The molecule has 0 saturated carbocycles. The second kappa shape index (κ2) is 5.18. The van der Waals surface area contributed by atoms with Crippen molar-refractivity contribution in [2.45, 2.75) is 0 Å². The van der Waals surface area contributed by atoms with Crippen LogP contribution in [0.25, 0.3) is 0 Å². The quantitative estimate of drug-likeness (QED) is 0.889. The van der Waals surface area contributed by atoms with Crippen molar-refractivity contribution >= 4 is 39.7 Å². The van der Waals surface area contributed by atoms with Gasteiger partial charge in [0.25, 0.3) is 5.91 Å². The number of nitrogens with two attached hydrogens (primary N) is 1. The average molecular weight is 312 g/mol. The second-order valence-corrected chi connectivity index (χ2v) is 5.30. The molecule has 1 aromatic heterocycles. The summed E-state index contributed by atoms with van der Waals surface area (Å²) < 4.78 is 10.8. The number of fused-ring (bicyclic) bond motifs is 1. The first-order valence-electron chi connectivity index (χ1n) is 5.75. The predicted octanol–water partition coefficient (Wildman–Crippen LogP) is 2.40. The van der Waals surface area contributed by atoms with Gasteiger partial charge >= 0.3 is 0 Å². The van der Waals surface area contributed by atoms with E-state index in [0.717, 1.165) is 0 Å². The highest BCUT2D eigenvalue weighted by Crippen LogP contribution is 2.38. The molecule has 0 bridgehead atoms. The summed E-state index contributed by atoms with van der Waals surface area (Å²) in [4.78, 5) is 15.9. The van der Waals surface area contributed by atoms with Crippen LogP contribution >= 0.6 is 22.9 Å². The Balaban J connectivity index is 1.85. The first kappa shape index (κ1) is 13.0. The molecule has 0 spiro atoms. The first-order chi connectivity index (χ1) is 9.63. The van der Waals surface area contributed by atoms with Gasteiger partial charge in [-0.3, -0.25) is 4.79 Å². The summed E-state index contributed by atoms with van der Waals surface area (Å²) in [6, 6.07) is 3.24. The van der Waals surface area contributed by atoms with Crippen molar-refractivity contribution in [1.82, 2.24) is 4.98 Å². The number of nitrogens with one attached hydrogen (secondary N) is 1. The molecule has 8 heteroatoms. The van der Waals surface area contributed by atoms with Gasteiger partial charge in [-0.05, 0) is 0 Å². The van der Waals surface area contributed by atoms with Crippen molar-refractivity contribution in [3.05, 3.63) is 28.2 Å². The summed E-state index contributed by atoms with van der Waals surface area (Å²) in [6.07, 6.45) is 0. The SMILES string of the molecule is Nc1nc(C(=O)Nc2cc3c(cc2Cl)OCCO3)cs1. The molecule has 0 unspecified atom stereocenters. The number of hydrogen-bond donors (Lipinski definition) is 2. The molecule has 3 rings (SSSR count). The number of hydrogen-bond acceptors (Lipinski definition) is 6. The fraction of sp³-hybridized carbons (Fsp3) is 0.167. The highest BCUT2D eigenvalue weighted by Gasteiger charge is 2.17. The number of carbonyl (C=O) groups excluding carboxylic acids is 1. The maximum atomic E-state index is 12.0. The molecule has 0 fully saturated rings. The smallest absolute Gasteiger partial charge is 0.275 e. The van der Waals surface area contributed by atoms with Crippen molar-refractivity contribution in [2.24, 2.45) is 0 Å². The molecule has 20 heavy (non-hydrogen) atoms. The molecule has 1 aliphatic heterocycles. The van der Waals surface area contributed by atoms with Crippen LogP contribution in [0.4, 0.5) is 10.8 Å². The number of anilines is 2. The molecule has 1 aliphatic rings. The second-order valence-electron chi connectivity index (χ2n) is 4.00. The van der Waals surface area contributed by atoms with Crippen LogP contribution in [-0.2, 0) is 0 Å². The van der Waals surface area contributed by atoms with Gasteiger partial charge in [-0.15, -0.1) is 11.3 Å². The Kier molecular flexibility index (Phi) is 3.37. The maximum Gasteiger partial charge on any atom is 0.275 e. The van der Waals surface area contributed by atoms with E-state index in [-0.39, 0.29) is 11.6 Å². The monoisotopic (exact) mass is 311 g/mol. The third-order valence-corrected chi connectivity index (χ3v) is 3.62. The van der Waals surface area contributed by atoms with Gasteiger partial charge < -0.3 is 20.5 Å². The number of thiazole rings is 1. The first-order valence-corrected chi connectivity index (χ1v) is 7.01. The summed E-state index contributed by atoms with van der Waals surface area (Å²) >= 11 is 7.30. The molecule has 0 atom stereocenters. The third kappa shape index (κ3) is 2.50. The standard InChI is InChI=1S/C12H10ClN3O3S/c13-6-3-9-10(19-2-1-18-9)4-7(6)15-11(17)8-5-20-12(14)16-8/h3-5H,1-2H2,(H2,14,16)(H,15,17). The summed E-state index contributed by atoms with van der Waals surface area (Å²) in [7, 11) is 0. The van der Waals surface area contributed by atoms with Crippen molar-refractivity contribution in [3.63, 3.8) is 0 Å². The molecule has 3 N–H and O–H groups in total. The van der Waals surface area contributed by atoms with Crippen LogP contribution in [0.2, 0.25) is 5.02 Å². The number of rotatable bonds is 2. The Morgan fingerprint density at radius 3 is 2.70 bits per heavy atom. The van der Waals surface area contributed by atoms with E-state index in [1.807, 2.05) is 0 Å². The largest absolute Gasteiger partial charge is 0.486 e. The summed E-state index contributed by atoms with van der Waals surface area (Å²) in [6.45, 7) is 0.942. The van der Waals surface area contributed by atoms with E-state index in [1.165, 1.54) is 11.3 Å². The van der Waals surface area contributed by atoms with Crippen molar-refractivity contribution in [2.75, 3.05) is 24.3 Å². The molecular formula is C12H10ClN3O3S. The zero-order valence-electron chi connectivity index (χ0n) is 10.2. The van der Waals surface area contributed by atoms with Crippen LogP contribution in [-0.4, -0.2) is 24.1 Å². The van der Waals surface area contributed by atoms with Crippen LogP contribution in [0.1, 0.15) is 10.5 Å². The Hall–Kier alpha value is -1.99. The van der Waals surface area contributed by atoms with Crippen molar-refractivity contribution in [1.29, 1.82) is 0 Å². The summed E-state index contributed by atoms with van der Waals surface area (Å²) in [5.41, 5.74) is 6.18. The Morgan fingerprint density at radius 1 is 1.35 bits per heavy atom. The number of nitrogen functional groups attached to an aromatic ring is 1. The number of nitrogens with zero attached hydrogens (tertiary/aromatic N) is 1. The number of halogens is 1. The zero-order chi connectivity index (χ0) is 14.1. The van der Waals surface area contributed by atoms with E-state index < -0.39 is 0 Å². The molecule has 104 valence electrons. The molecule has 0 saturated heterocycles. The van der Waals surface area contributed by atoms with E-state index in [0.29, 0.717) is 40.6 Å². The third-order valence-electron chi connectivity index (χ3n) is 2.63. The fourth-order valence-electron chi connectivity index (χ4n) is 1.74. The molecule has 0 radical (unpaired) electrons. The number of aromatic nitrogens is 1. The van der Waals surface area contributed by atoms with E-state index in [4.69, 9.17) is 26.8 Å². The van der Waals surface area contributed by atoms with Gasteiger partial charge in [-0.2, -0.15) is 0 Å². The van der Waals surface area contributed by atoms with Crippen LogP contribution in [0.15, 0.2) is 17.5 Å². The zero-order valence-corrected chi connectivity index (χ0v) is 11.8. The molecule has 2 heterocycles. The van der Waals surface area contributed by atoms with Crippen LogP contribution in [0, 0.1) is 0 Å². The molecule has 1 aromatic carbocycles. The van der Waals surface area contributed by atoms with Gasteiger partial charge in [0, 0.05) is 17.5 Å². The van der Waals surface area contributed by atoms with E-state index in [1.54, 1.807) is 17.5 Å². The van der Waals surface area contributed by atoms with Gasteiger partial charge in [0.1, 0.15) is 18.9 Å². The van der Waals surface area contributed by atoms with E-state index in [9.17, 15) is 4.79 Å². The highest BCUT2D eigenvalue weighted by atomic mass is 35.5. The summed E-state index contributed by atoms with van der Waals surface area (Å²) in [5.74, 6) is 0.738. The highest BCUT2D eigenvalue weighted by molar-refractivity contribution is 7.13. The lowest BCUT2D eigenvalue weighted by Gasteiger charge is -2.19. The van der Waals surface area contributed by atoms with Gasteiger partial charge in [0.2, 0.25) is 0 Å². The van der Waals surface area contributed by atoms with Crippen LogP contribution < -0.4 is 20.5 Å². The van der Waals surface area contributed by atoms with E-state index >= 15 is 0 Å². The molecule has 0 aliphatic carbocycles. The predicted molar refractivity (Wildman–Crippen MR) is 76.9 cm³/mol. The number of benzene rings is 1. The van der Waals surface area contributed by atoms with Crippen molar-refractivity contribution in [3.8, 4) is 11.5 Å². The molecule has 6 nitrogen and oxygen atoms in total. The topological polar surface area (TPSA) is 86.5 Å². The Labute approximate surface area is 123 Å².